The fourth-order valence-corrected chi connectivity index (χ4v) is 3.70. The average Bonchev–Trinajstić information content (AvgIpc) is 3.23. The van der Waals surface area contributed by atoms with Gasteiger partial charge < -0.3 is 45.8 Å². The molecule has 0 aromatic carbocycles. The number of guanidine groups is 1. The van der Waals surface area contributed by atoms with Gasteiger partial charge >= 0.3 is 18.2 Å². The van der Waals surface area contributed by atoms with Crippen molar-refractivity contribution >= 4 is 24.2 Å². The van der Waals surface area contributed by atoms with Crippen molar-refractivity contribution in [3.63, 3.8) is 0 Å². The molecule has 13 nitrogen and oxygen atoms in total. The molecule has 2 aliphatic heterocycles. The number of hydrogen-bond acceptors (Lipinski definition) is 10. The molecule has 0 aromatic heterocycles. The fourth-order valence-electron chi connectivity index (χ4n) is 3.70. The number of hydrogen-bond donors (Lipinski definition) is 4. The van der Waals surface area contributed by atoms with Gasteiger partial charge in [0, 0.05) is 12.5 Å². The maximum atomic E-state index is 12.6. The van der Waals surface area contributed by atoms with Crippen molar-refractivity contribution in [1.29, 1.82) is 0 Å². The molecule has 1 amide bonds. The number of methoxy groups -OCH3 is 1. The van der Waals surface area contributed by atoms with E-state index in [1.807, 2.05) is 7.05 Å². The van der Waals surface area contributed by atoms with E-state index in [1.54, 1.807) is 6.92 Å². The summed E-state index contributed by atoms with van der Waals surface area (Å²) in [5.74, 6) is -1.58. The molecule has 0 bridgehead atoms. The average molecular weight is 486 g/mol. The molecule has 1 fully saturated rings. The second kappa shape index (κ2) is 13.5. The second-order valence-corrected chi connectivity index (χ2v) is 8.04. The third kappa shape index (κ3) is 7.97. The molecule has 34 heavy (non-hydrogen) atoms. The maximum Gasteiger partial charge on any atom is 0.508 e. The first-order valence-electron chi connectivity index (χ1n) is 11.2. The number of unbranched alkanes of at least 4 members (excludes halogenated alkanes) is 3. The highest BCUT2D eigenvalue weighted by Gasteiger charge is 2.48. The molecule has 0 aromatic rings. The first-order valence-corrected chi connectivity index (χ1v) is 11.2. The predicted molar refractivity (Wildman–Crippen MR) is 121 cm³/mol. The topological polar surface area (TPSA) is 186 Å². The highest BCUT2D eigenvalue weighted by molar-refractivity contribution is 5.86. The quantitative estimate of drug-likeness (QED) is 0.0967. The largest absolute Gasteiger partial charge is 0.508 e. The van der Waals surface area contributed by atoms with Crippen LogP contribution in [-0.2, 0) is 28.5 Å². The second-order valence-electron chi connectivity index (χ2n) is 8.04. The van der Waals surface area contributed by atoms with Crippen LogP contribution in [0.4, 0.5) is 9.59 Å². The number of rotatable bonds is 12. The van der Waals surface area contributed by atoms with Crippen molar-refractivity contribution in [2.45, 2.75) is 57.0 Å². The third-order valence-electron chi connectivity index (χ3n) is 5.50. The molecule has 2 aliphatic rings. The van der Waals surface area contributed by atoms with E-state index < -0.39 is 48.5 Å². The first-order chi connectivity index (χ1) is 16.3. The van der Waals surface area contributed by atoms with Crippen LogP contribution in [0.1, 0.15) is 32.6 Å². The molecule has 13 heteroatoms. The van der Waals surface area contributed by atoms with Crippen molar-refractivity contribution in [2.24, 2.45) is 22.4 Å². The molecule has 0 saturated carbocycles. The molecular weight excluding hydrogens is 450 g/mol. The molecule has 6 N–H and O–H groups in total. The Morgan fingerprint density at radius 2 is 1.91 bits per heavy atom. The van der Waals surface area contributed by atoms with E-state index in [4.69, 9.17) is 35.2 Å². The van der Waals surface area contributed by atoms with E-state index in [-0.39, 0.29) is 18.3 Å². The SMILES string of the molecule is CNCCCCCCNC(=O)O[C@H](C1COC(=O)O1)C1OC(C(=O)OC)=C[C@H](N=C(N)N)[C@H]1C. The van der Waals surface area contributed by atoms with Crippen LogP contribution in [0.25, 0.3) is 0 Å². The zero-order chi connectivity index (χ0) is 25.1. The molecule has 0 spiro atoms. The minimum atomic E-state index is -1.11. The number of aliphatic imine (C=N–C) groups is 1. The van der Waals surface area contributed by atoms with Gasteiger partial charge in [-0.3, -0.25) is 0 Å². The Bertz CT molecular complexity index is 770. The molecule has 1 saturated heterocycles. The Kier molecular flexibility index (Phi) is 10.7. The van der Waals surface area contributed by atoms with Gasteiger partial charge in [0.1, 0.15) is 12.7 Å². The Morgan fingerprint density at radius 1 is 1.21 bits per heavy atom. The van der Waals surface area contributed by atoms with E-state index in [1.165, 1.54) is 13.2 Å². The summed E-state index contributed by atoms with van der Waals surface area (Å²) in [6.45, 7) is 2.96. The van der Waals surface area contributed by atoms with Crippen molar-refractivity contribution in [2.75, 3.05) is 33.9 Å². The zero-order valence-corrected chi connectivity index (χ0v) is 19.8. The van der Waals surface area contributed by atoms with Crippen molar-refractivity contribution in [3.05, 3.63) is 11.8 Å². The van der Waals surface area contributed by atoms with Crippen molar-refractivity contribution in [3.8, 4) is 0 Å². The van der Waals surface area contributed by atoms with Gasteiger partial charge in [-0.2, -0.15) is 0 Å². The molecule has 192 valence electrons. The summed E-state index contributed by atoms with van der Waals surface area (Å²) < 4.78 is 26.3. The molecule has 2 unspecified atom stereocenters. The van der Waals surface area contributed by atoms with Crippen LogP contribution in [0, 0.1) is 5.92 Å². The van der Waals surface area contributed by atoms with E-state index in [0.717, 1.165) is 32.2 Å². The van der Waals surface area contributed by atoms with Crippen LogP contribution < -0.4 is 22.1 Å². The molecular formula is C21H35N5O8. The Hall–Kier alpha value is -3.22. The van der Waals surface area contributed by atoms with E-state index >= 15 is 0 Å². The van der Waals surface area contributed by atoms with Gasteiger partial charge in [0.25, 0.3) is 0 Å². The smallest absolute Gasteiger partial charge is 0.479 e. The van der Waals surface area contributed by atoms with Crippen molar-refractivity contribution < 1.29 is 38.1 Å². The zero-order valence-electron chi connectivity index (χ0n) is 19.8. The number of ether oxygens (including phenoxy) is 5. The van der Waals surface area contributed by atoms with Crippen LogP contribution in [0.15, 0.2) is 16.8 Å². The summed E-state index contributed by atoms with van der Waals surface area (Å²) in [7, 11) is 3.10. The van der Waals surface area contributed by atoms with E-state index in [2.05, 4.69) is 15.6 Å². The first kappa shape index (κ1) is 27.0. The number of carbonyl (C=O) groups excluding carboxylic acids is 3. The lowest BCUT2D eigenvalue weighted by atomic mass is 9.87. The number of amides is 1. The maximum absolute atomic E-state index is 12.6. The highest BCUT2D eigenvalue weighted by atomic mass is 16.8. The van der Waals surface area contributed by atoms with Crippen LogP contribution >= 0.6 is 0 Å². The third-order valence-corrected chi connectivity index (χ3v) is 5.50. The number of alkyl carbamates (subject to hydrolysis) is 1. The van der Waals surface area contributed by atoms with E-state index in [0.29, 0.717) is 6.54 Å². The van der Waals surface area contributed by atoms with Gasteiger partial charge in [-0.15, -0.1) is 0 Å². The Balaban J connectivity index is 2.12. The van der Waals surface area contributed by atoms with Gasteiger partial charge in [-0.25, -0.2) is 19.4 Å². The highest BCUT2D eigenvalue weighted by Crippen LogP contribution is 2.32. The number of esters is 1. The number of nitrogens with two attached hydrogens (primary N) is 2. The monoisotopic (exact) mass is 485 g/mol. The normalized spacial score (nSPS) is 24.6. The van der Waals surface area contributed by atoms with Gasteiger partial charge in [-0.05, 0) is 32.5 Å². The van der Waals surface area contributed by atoms with Gasteiger partial charge in [-0.1, -0.05) is 19.8 Å². The number of cyclic esters (lactones) is 2. The summed E-state index contributed by atoms with van der Waals surface area (Å²) in [5, 5.41) is 5.78. The van der Waals surface area contributed by atoms with Crippen LogP contribution in [0.3, 0.4) is 0 Å². The standard InChI is InChI=1S/C21H35N5O8/c1-12-13(26-19(22)23)10-14(18(27)30-3)32-16(12)17(15-11-31-21(29)33-15)34-20(28)25-9-7-5-4-6-8-24-2/h10,12-13,15-17,24H,4-9,11H2,1-3H3,(H,25,28)(H4,22,23,26)/t12-,13+,15?,16?,17-/m1/s1. The van der Waals surface area contributed by atoms with Crippen LogP contribution in [0.5, 0.6) is 0 Å². The molecule has 5 atom stereocenters. The summed E-state index contributed by atoms with van der Waals surface area (Å²) >= 11 is 0. The van der Waals surface area contributed by atoms with Crippen LogP contribution in [-0.4, -0.2) is 82.4 Å². The summed E-state index contributed by atoms with van der Waals surface area (Å²) in [6, 6.07) is -0.678. The number of nitrogens with zero attached hydrogens (tertiary/aromatic N) is 1. The van der Waals surface area contributed by atoms with Gasteiger partial charge in [0.2, 0.25) is 5.76 Å². The molecule has 2 rings (SSSR count). The Morgan fingerprint density at radius 3 is 2.50 bits per heavy atom. The lowest BCUT2D eigenvalue weighted by Gasteiger charge is -2.38. The Labute approximate surface area is 198 Å². The number of nitrogens with one attached hydrogen (secondary N) is 2. The van der Waals surface area contributed by atoms with E-state index in [9.17, 15) is 14.4 Å². The van der Waals surface area contributed by atoms with Gasteiger partial charge in [0.05, 0.1) is 13.2 Å². The lowest BCUT2D eigenvalue weighted by molar-refractivity contribution is -0.147. The molecule has 0 radical (unpaired) electrons. The predicted octanol–water partition coefficient (Wildman–Crippen LogP) is 0.130. The van der Waals surface area contributed by atoms with Crippen molar-refractivity contribution in [1.82, 2.24) is 10.6 Å². The van der Waals surface area contributed by atoms with Crippen LogP contribution in [0.2, 0.25) is 0 Å². The minimum absolute atomic E-state index is 0.151. The molecule has 0 aliphatic carbocycles. The molecule has 2 heterocycles. The fraction of sp³-hybridized carbons (Fsp3) is 0.714. The number of carbonyl (C=O) groups is 3. The lowest BCUT2D eigenvalue weighted by Crippen LogP contribution is -2.52. The summed E-state index contributed by atoms with van der Waals surface area (Å²) in [6.07, 6.45) is 0.636. The summed E-state index contributed by atoms with van der Waals surface area (Å²) in [4.78, 5) is 40.4. The minimum Gasteiger partial charge on any atom is -0.479 e. The van der Waals surface area contributed by atoms with Gasteiger partial charge in [0.15, 0.2) is 18.2 Å². The summed E-state index contributed by atoms with van der Waals surface area (Å²) in [5.41, 5.74) is 11.1.